The maximum Gasteiger partial charge on any atom is 0.237 e. The Morgan fingerprint density at radius 2 is 1.94 bits per heavy atom. The highest BCUT2D eigenvalue weighted by Gasteiger charge is 2.31. The molecule has 0 aliphatic carbocycles. The maximum absolute atomic E-state index is 13.5. The highest BCUT2D eigenvalue weighted by atomic mass is 19.1. The van der Waals surface area contributed by atoms with Crippen LogP contribution in [0, 0.1) is 11.6 Å². The minimum Gasteiger partial charge on any atom is -0.443 e. The van der Waals surface area contributed by atoms with Gasteiger partial charge in [0.1, 0.15) is 23.4 Å². The van der Waals surface area contributed by atoms with E-state index in [-0.39, 0.29) is 30.1 Å². The number of hydrogen-bond acceptors (Lipinski definition) is 4. The topological polar surface area (TPSA) is 49.6 Å². The monoisotopic (exact) mass is 439 g/mol. The second kappa shape index (κ2) is 10.0. The smallest absolute Gasteiger partial charge is 0.237 e. The van der Waals surface area contributed by atoms with Gasteiger partial charge in [-0.15, -0.1) is 0 Å². The molecule has 1 saturated heterocycles. The summed E-state index contributed by atoms with van der Waals surface area (Å²) in [7, 11) is 1.88. The maximum atomic E-state index is 13.5. The van der Waals surface area contributed by atoms with Gasteiger partial charge in [-0.1, -0.05) is 24.3 Å². The number of carbonyl (C=O) groups is 1. The second-order valence-corrected chi connectivity index (χ2v) is 8.37. The third kappa shape index (κ3) is 5.59. The lowest BCUT2D eigenvalue weighted by Gasteiger charge is -2.35. The Hall–Kier alpha value is -3.06. The van der Waals surface area contributed by atoms with Crippen LogP contribution >= 0.6 is 0 Å². The number of piperidine rings is 1. The number of rotatable bonds is 7. The van der Waals surface area contributed by atoms with Crippen LogP contribution in [0.15, 0.2) is 59.1 Å². The van der Waals surface area contributed by atoms with E-state index in [2.05, 4.69) is 4.98 Å². The van der Waals surface area contributed by atoms with Crippen molar-refractivity contribution in [3.05, 3.63) is 89.1 Å². The van der Waals surface area contributed by atoms with Crippen LogP contribution in [0.1, 0.15) is 48.1 Å². The lowest BCUT2D eigenvalue weighted by molar-refractivity contribution is -0.136. The molecule has 0 bridgehead atoms. The second-order valence-electron chi connectivity index (χ2n) is 8.37. The van der Waals surface area contributed by atoms with Crippen molar-refractivity contribution in [2.75, 3.05) is 20.1 Å². The molecule has 5 nitrogen and oxygen atoms in total. The van der Waals surface area contributed by atoms with Crippen LogP contribution in [-0.4, -0.2) is 40.8 Å². The van der Waals surface area contributed by atoms with Gasteiger partial charge in [-0.25, -0.2) is 13.8 Å². The van der Waals surface area contributed by atoms with E-state index in [0.717, 1.165) is 30.4 Å². The number of aromatic nitrogens is 1. The first-order valence-electron chi connectivity index (χ1n) is 10.9. The standard InChI is InChI=1S/C25H27F2N3O2/c1-29(16-18-8-10-20(26)11-9-18)17-24(31)30-12-3-2-7-23(30)25-28-15-22(32-25)14-19-5-4-6-21(27)13-19/h4-6,8-11,13,15,23H,2-3,7,12,14,16-17H2,1H3. The minimum atomic E-state index is -0.281. The van der Waals surface area contributed by atoms with Crippen LogP contribution < -0.4 is 0 Å². The van der Waals surface area contributed by atoms with Crippen LogP contribution in [0.3, 0.4) is 0 Å². The summed E-state index contributed by atoms with van der Waals surface area (Å²) in [6.07, 6.45) is 4.86. The fraction of sp³-hybridized carbons (Fsp3) is 0.360. The molecule has 0 spiro atoms. The highest BCUT2D eigenvalue weighted by molar-refractivity contribution is 5.78. The van der Waals surface area contributed by atoms with Crippen LogP contribution in [0.4, 0.5) is 8.78 Å². The van der Waals surface area contributed by atoms with E-state index in [1.54, 1.807) is 24.4 Å². The van der Waals surface area contributed by atoms with Crippen molar-refractivity contribution in [2.45, 2.75) is 38.3 Å². The van der Waals surface area contributed by atoms with Gasteiger partial charge in [-0.05, 0) is 61.7 Å². The number of carbonyl (C=O) groups excluding carboxylic acids is 1. The number of likely N-dealkylation sites (tertiary alicyclic amines) is 1. The summed E-state index contributed by atoms with van der Waals surface area (Å²) in [6.45, 7) is 1.47. The van der Waals surface area contributed by atoms with E-state index < -0.39 is 0 Å². The van der Waals surface area contributed by atoms with Gasteiger partial charge in [0.15, 0.2) is 0 Å². The first-order chi connectivity index (χ1) is 15.5. The number of hydrogen-bond donors (Lipinski definition) is 0. The molecule has 1 fully saturated rings. The van der Waals surface area contributed by atoms with Crippen molar-refractivity contribution < 1.29 is 18.0 Å². The molecule has 7 heteroatoms. The molecule has 1 aliphatic heterocycles. The molecular formula is C25H27F2N3O2. The number of halogens is 2. The van der Waals surface area contributed by atoms with Gasteiger partial charge < -0.3 is 9.32 Å². The predicted octanol–water partition coefficient (Wildman–Crippen LogP) is 4.73. The van der Waals surface area contributed by atoms with Crippen molar-refractivity contribution in [3.63, 3.8) is 0 Å². The van der Waals surface area contributed by atoms with E-state index in [4.69, 9.17) is 4.42 Å². The SMILES string of the molecule is CN(CC(=O)N1CCCCC1c1ncc(Cc2cccc(F)c2)o1)Cc1ccc(F)cc1. The molecule has 4 rings (SSSR count). The van der Waals surface area contributed by atoms with Crippen molar-refractivity contribution >= 4 is 5.91 Å². The van der Waals surface area contributed by atoms with Gasteiger partial charge in [-0.3, -0.25) is 9.69 Å². The fourth-order valence-corrected chi connectivity index (χ4v) is 4.17. The number of amides is 1. The first kappa shape index (κ1) is 22.1. The molecule has 1 aromatic heterocycles. The number of nitrogens with zero attached hydrogens (tertiary/aromatic N) is 3. The number of likely N-dealkylation sites (N-methyl/N-ethyl adjacent to an activating group) is 1. The Morgan fingerprint density at radius 1 is 1.12 bits per heavy atom. The van der Waals surface area contributed by atoms with E-state index >= 15 is 0 Å². The quantitative estimate of drug-likeness (QED) is 0.534. The van der Waals surface area contributed by atoms with E-state index in [9.17, 15) is 13.6 Å². The number of benzene rings is 2. The molecule has 1 aliphatic rings. The molecule has 32 heavy (non-hydrogen) atoms. The molecule has 0 saturated carbocycles. The molecule has 0 N–H and O–H groups in total. The summed E-state index contributed by atoms with van der Waals surface area (Å²) in [5.41, 5.74) is 1.76. The molecule has 2 heterocycles. The summed E-state index contributed by atoms with van der Waals surface area (Å²) in [6, 6.07) is 12.5. The summed E-state index contributed by atoms with van der Waals surface area (Å²) in [5, 5.41) is 0. The fourth-order valence-electron chi connectivity index (χ4n) is 4.17. The molecule has 1 amide bonds. The lowest BCUT2D eigenvalue weighted by Crippen LogP contribution is -2.43. The molecule has 0 radical (unpaired) electrons. The Balaban J connectivity index is 1.40. The van der Waals surface area contributed by atoms with Crippen molar-refractivity contribution in [2.24, 2.45) is 0 Å². The molecule has 3 aromatic rings. The van der Waals surface area contributed by atoms with Crippen LogP contribution in [0.2, 0.25) is 0 Å². The van der Waals surface area contributed by atoms with E-state index in [0.29, 0.717) is 31.2 Å². The van der Waals surface area contributed by atoms with E-state index in [1.807, 2.05) is 22.9 Å². The summed E-state index contributed by atoms with van der Waals surface area (Å²) in [5.74, 6) is 0.647. The third-order valence-electron chi connectivity index (χ3n) is 5.72. The minimum absolute atomic E-state index is 0.0178. The molecule has 1 atom stereocenters. The van der Waals surface area contributed by atoms with Crippen molar-refractivity contribution in [3.8, 4) is 0 Å². The zero-order chi connectivity index (χ0) is 22.5. The zero-order valence-corrected chi connectivity index (χ0v) is 18.1. The summed E-state index contributed by atoms with van der Waals surface area (Å²) >= 11 is 0. The lowest BCUT2D eigenvalue weighted by atomic mass is 10.0. The van der Waals surface area contributed by atoms with Crippen LogP contribution in [-0.2, 0) is 17.8 Å². The average molecular weight is 440 g/mol. The third-order valence-corrected chi connectivity index (χ3v) is 5.72. The van der Waals surface area contributed by atoms with Gasteiger partial charge in [-0.2, -0.15) is 0 Å². The highest BCUT2D eigenvalue weighted by Crippen LogP contribution is 2.31. The molecular weight excluding hydrogens is 412 g/mol. The molecule has 168 valence electrons. The summed E-state index contributed by atoms with van der Waals surface area (Å²) < 4.78 is 32.6. The van der Waals surface area contributed by atoms with Crippen LogP contribution in [0.25, 0.3) is 0 Å². The van der Waals surface area contributed by atoms with Gasteiger partial charge in [0.2, 0.25) is 11.8 Å². The van der Waals surface area contributed by atoms with Gasteiger partial charge in [0.05, 0.1) is 12.7 Å². The van der Waals surface area contributed by atoms with Crippen molar-refractivity contribution in [1.82, 2.24) is 14.8 Å². The van der Waals surface area contributed by atoms with Gasteiger partial charge >= 0.3 is 0 Å². The predicted molar refractivity (Wildman–Crippen MR) is 117 cm³/mol. The Morgan fingerprint density at radius 3 is 2.72 bits per heavy atom. The normalized spacial score (nSPS) is 16.5. The Labute approximate surface area is 186 Å². The molecule has 1 unspecified atom stereocenters. The summed E-state index contributed by atoms with van der Waals surface area (Å²) in [4.78, 5) is 21.3. The Bertz CT molecular complexity index is 1050. The average Bonchev–Trinajstić information content (AvgIpc) is 3.23. The van der Waals surface area contributed by atoms with Gasteiger partial charge in [0.25, 0.3) is 0 Å². The zero-order valence-electron chi connectivity index (χ0n) is 18.1. The van der Waals surface area contributed by atoms with Crippen LogP contribution in [0.5, 0.6) is 0 Å². The first-order valence-corrected chi connectivity index (χ1v) is 10.9. The largest absolute Gasteiger partial charge is 0.443 e. The number of oxazole rings is 1. The van der Waals surface area contributed by atoms with Gasteiger partial charge in [0, 0.05) is 19.5 Å². The van der Waals surface area contributed by atoms with Crippen molar-refractivity contribution in [1.29, 1.82) is 0 Å². The molecule has 2 aromatic carbocycles. The Kier molecular flexibility index (Phi) is 6.95. The van der Waals surface area contributed by atoms with E-state index in [1.165, 1.54) is 24.3 Å².